The fourth-order valence-corrected chi connectivity index (χ4v) is 2.65. The van der Waals surface area contributed by atoms with Crippen LogP contribution in [-0.2, 0) is 6.61 Å². The van der Waals surface area contributed by atoms with Crippen molar-refractivity contribution < 1.29 is 9.53 Å². The molecular weight excluding hydrogens is 385 g/mol. The average Bonchev–Trinajstić information content (AvgIpc) is 2.68. The minimum absolute atomic E-state index is 0.303. The number of hydrogen-bond acceptors (Lipinski definition) is 4. The van der Waals surface area contributed by atoms with Crippen molar-refractivity contribution in [1.82, 2.24) is 10.4 Å². The second kappa shape index (κ2) is 9.16. The smallest absolute Gasteiger partial charge is 0.271 e. The average molecular weight is 400 g/mol. The van der Waals surface area contributed by atoms with Gasteiger partial charge in [-0.25, -0.2) is 5.43 Å². The van der Waals surface area contributed by atoms with Crippen LogP contribution in [0.5, 0.6) is 5.75 Å². The molecule has 0 saturated heterocycles. The summed E-state index contributed by atoms with van der Waals surface area (Å²) < 4.78 is 5.69. The van der Waals surface area contributed by atoms with E-state index in [0.29, 0.717) is 28.0 Å². The molecule has 27 heavy (non-hydrogen) atoms. The number of nitrogens with zero attached hydrogens (tertiary/aromatic N) is 2. The van der Waals surface area contributed by atoms with Gasteiger partial charge in [-0.2, -0.15) is 5.10 Å². The van der Waals surface area contributed by atoms with E-state index in [-0.39, 0.29) is 5.91 Å². The summed E-state index contributed by atoms with van der Waals surface area (Å²) in [6, 6.07) is 15.6. The van der Waals surface area contributed by atoms with Gasteiger partial charge in [-0.3, -0.25) is 9.78 Å². The highest BCUT2D eigenvalue weighted by molar-refractivity contribution is 6.35. The molecule has 7 heteroatoms. The third-order valence-electron chi connectivity index (χ3n) is 3.59. The maximum absolute atomic E-state index is 12.1. The van der Waals surface area contributed by atoms with E-state index in [0.717, 1.165) is 11.1 Å². The second-order valence-electron chi connectivity index (χ2n) is 5.53. The molecule has 0 saturated carbocycles. The van der Waals surface area contributed by atoms with Crippen LogP contribution in [0.25, 0.3) is 0 Å². The van der Waals surface area contributed by atoms with Crippen LogP contribution in [0.2, 0.25) is 10.0 Å². The number of hydrazone groups is 1. The molecule has 1 heterocycles. The summed E-state index contributed by atoms with van der Waals surface area (Å²) in [4.78, 5) is 16.1. The lowest BCUT2D eigenvalue weighted by Crippen LogP contribution is -2.17. The molecule has 0 aliphatic carbocycles. The van der Waals surface area contributed by atoms with Crippen LogP contribution in [0.1, 0.15) is 21.5 Å². The largest absolute Gasteiger partial charge is 0.489 e. The Balaban J connectivity index is 1.54. The first-order valence-corrected chi connectivity index (χ1v) is 8.77. The zero-order chi connectivity index (χ0) is 19.1. The topological polar surface area (TPSA) is 63.6 Å². The number of ether oxygens (including phenoxy) is 1. The second-order valence-corrected chi connectivity index (χ2v) is 6.38. The Bertz CT molecular complexity index is 945. The standard InChI is InChI=1S/C20H15Cl2N3O2/c21-17-6-3-16(19(22)10-17)13-27-18-7-4-15(5-8-18)20(26)25-24-12-14-2-1-9-23-11-14/h1-12H,13H2,(H,25,26)/b24-12-. The van der Waals surface area contributed by atoms with Crippen molar-refractivity contribution in [1.29, 1.82) is 0 Å². The highest BCUT2D eigenvalue weighted by Gasteiger charge is 2.06. The highest BCUT2D eigenvalue weighted by atomic mass is 35.5. The van der Waals surface area contributed by atoms with Crippen molar-refractivity contribution in [2.45, 2.75) is 6.61 Å². The van der Waals surface area contributed by atoms with Crippen LogP contribution >= 0.6 is 23.2 Å². The Labute approximate surface area is 166 Å². The number of carbonyl (C=O) groups is 1. The minimum atomic E-state index is -0.317. The number of rotatable bonds is 6. The molecule has 0 atom stereocenters. The molecule has 0 spiro atoms. The van der Waals surface area contributed by atoms with Gasteiger partial charge in [0.1, 0.15) is 12.4 Å². The molecule has 0 unspecified atom stereocenters. The molecule has 0 radical (unpaired) electrons. The third kappa shape index (κ3) is 5.54. The molecular formula is C20H15Cl2N3O2. The van der Waals surface area contributed by atoms with E-state index in [4.69, 9.17) is 27.9 Å². The maximum atomic E-state index is 12.1. The van der Waals surface area contributed by atoms with Crippen LogP contribution in [0, 0.1) is 0 Å². The highest BCUT2D eigenvalue weighted by Crippen LogP contribution is 2.22. The Morgan fingerprint density at radius 3 is 2.67 bits per heavy atom. The van der Waals surface area contributed by atoms with Gasteiger partial charge < -0.3 is 4.74 Å². The minimum Gasteiger partial charge on any atom is -0.489 e. The lowest BCUT2D eigenvalue weighted by molar-refractivity contribution is 0.0955. The fraction of sp³-hybridized carbons (Fsp3) is 0.0500. The Hall–Kier alpha value is -2.89. The van der Waals surface area contributed by atoms with Crippen molar-refractivity contribution in [3.05, 3.63) is 93.7 Å². The Kier molecular flexibility index (Phi) is 6.41. The molecule has 0 bridgehead atoms. The number of hydrogen-bond donors (Lipinski definition) is 1. The van der Waals surface area contributed by atoms with Gasteiger partial charge in [0.2, 0.25) is 0 Å². The monoisotopic (exact) mass is 399 g/mol. The van der Waals surface area contributed by atoms with Gasteiger partial charge in [0.25, 0.3) is 5.91 Å². The van der Waals surface area contributed by atoms with E-state index in [2.05, 4.69) is 15.5 Å². The van der Waals surface area contributed by atoms with Gasteiger partial charge >= 0.3 is 0 Å². The summed E-state index contributed by atoms with van der Waals surface area (Å²) in [5.74, 6) is 0.305. The van der Waals surface area contributed by atoms with Crippen LogP contribution < -0.4 is 10.2 Å². The van der Waals surface area contributed by atoms with Gasteiger partial charge in [0.15, 0.2) is 0 Å². The summed E-state index contributed by atoms with van der Waals surface area (Å²) in [5, 5.41) is 5.03. The summed E-state index contributed by atoms with van der Waals surface area (Å²) in [5.41, 5.74) is 4.56. The van der Waals surface area contributed by atoms with E-state index < -0.39 is 0 Å². The molecule has 3 aromatic rings. The number of halogens is 2. The maximum Gasteiger partial charge on any atom is 0.271 e. The molecule has 1 aromatic heterocycles. The van der Waals surface area contributed by atoms with Crippen molar-refractivity contribution in [3.63, 3.8) is 0 Å². The van der Waals surface area contributed by atoms with Crippen LogP contribution in [0.3, 0.4) is 0 Å². The lowest BCUT2D eigenvalue weighted by Gasteiger charge is -2.08. The number of amides is 1. The molecule has 0 aliphatic heterocycles. The summed E-state index contributed by atoms with van der Waals surface area (Å²) in [7, 11) is 0. The zero-order valence-electron chi connectivity index (χ0n) is 14.1. The normalized spacial score (nSPS) is 10.7. The first-order valence-electron chi connectivity index (χ1n) is 8.02. The summed E-state index contributed by atoms with van der Waals surface area (Å²) >= 11 is 12.0. The number of nitrogens with one attached hydrogen (secondary N) is 1. The third-order valence-corrected chi connectivity index (χ3v) is 4.18. The van der Waals surface area contributed by atoms with E-state index in [1.165, 1.54) is 6.21 Å². The Morgan fingerprint density at radius 2 is 1.96 bits per heavy atom. The van der Waals surface area contributed by atoms with Crippen molar-refractivity contribution in [2.24, 2.45) is 5.10 Å². The summed E-state index contributed by atoms with van der Waals surface area (Å²) in [6.45, 7) is 0.303. The van der Waals surface area contributed by atoms with Gasteiger partial charge in [0.05, 0.1) is 6.21 Å². The number of pyridine rings is 1. The van der Waals surface area contributed by atoms with E-state index in [1.807, 2.05) is 12.1 Å². The molecule has 1 amide bonds. The molecule has 2 aromatic carbocycles. The van der Waals surface area contributed by atoms with Crippen molar-refractivity contribution in [2.75, 3.05) is 0 Å². The molecule has 3 rings (SSSR count). The van der Waals surface area contributed by atoms with Crippen LogP contribution in [0.15, 0.2) is 72.1 Å². The fourth-order valence-electron chi connectivity index (χ4n) is 2.18. The molecule has 1 N–H and O–H groups in total. The van der Waals surface area contributed by atoms with Crippen molar-refractivity contribution in [3.8, 4) is 5.75 Å². The summed E-state index contributed by atoms with van der Waals surface area (Å²) in [6.07, 6.45) is 4.84. The van der Waals surface area contributed by atoms with E-state index in [1.54, 1.807) is 54.9 Å². The van der Waals surface area contributed by atoms with Gasteiger partial charge in [-0.15, -0.1) is 0 Å². The molecule has 0 aliphatic rings. The zero-order valence-corrected chi connectivity index (χ0v) is 15.6. The van der Waals surface area contributed by atoms with Gasteiger partial charge in [-0.05, 0) is 42.5 Å². The van der Waals surface area contributed by atoms with E-state index >= 15 is 0 Å². The van der Waals surface area contributed by atoms with Crippen molar-refractivity contribution >= 4 is 35.3 Å². The SMILES string of the molecule is O=C(N/N=C\c1cccnc1)c1ccc(OCc2ccc(Cl)cc2Cl)cc1. The number of benzene rings is 2. The quantitative estimate of drug-likeness (QED) is 0.481. The molecule has 136 valence electrons. The number of aromatic nitrogens is 1. The first-order chi connectivity index (χ1) is 13.1. The first kappa shape index (κ1) is 18.9. The molecule has 0 fully saturated rings. The van der Waals surface area contributed by atoms with E-state index in [9.17, 15) is 4.79 Å². The van der Waals surface area contributed by atoms with Gasteiger partial charge in [-0.1, -0.05) is 35.3 Å². The lowest BCUT2D eigenvalue weighted by atomic mass is 10.2. The van der Waals surface area contributed by atoms with Gasteiger partial charge in [0, 0.05) is 39.1 Å². The predicted molar refractivity (Wildman–Crippen MR) is 107 cm³/mol. The predicted octanol–water partition coefficient (Wildman–Crippen LogP) is 4.73. The Morgan fingerprint density at radius 1 is 1.15 bits per heavy atom. The van der Waals surface area contributed by atoms with Crippen LogP contribution in [-0.4, -0.2) is 17.1 Å². The van der Waals surface area contributed by atoms with Crippen LogP contribution in [0.4, 0.5) is 0 Å². The molecule has 5 nitrogen and oxygen atoms in total. The number of carbonyl (C=O) groups excluding carboxylic acids is 1.